The van der Waals surface area contributed by atoms with E-state index < -0.39 is 11.6 Å². The molecule has 0 aromatic heterocycles. The second-order valence-corrected chi connectivity index (χ2v) is 4.26. The Balaban J connectivity index is 2.45. The molecule has 4 N–H and O–H groups in total. The van der Waals surface area contributed by atoms with E-state index in [0.29, 0.717) is 6.54 Å². The normalized spacial score (nSPS) is 14.3. The molecule has 0 bridgehead atoms. The highest BCUT2D eigenvalue weighted by Crippen LogP contribution is 2.05. The predicted molar refractivity (Wildman–Crippen MR) is 62.8 cm³/mol. The van der Waals surface area contributed by atoms with Crippen molar-refractivity contribution in [2.45, 2.75) is 19.1 Å². The van der Waals surface area contributed by atoms with Gasteiger partial charge in [0.1, 0.15) is 0 Å². The van der Waals surface area contributed by atoms with Crippen molar-refractivity contribution in [3.63, 3.8) is 0 Å². The summed E-state index contributed by atoms with van der Waals surface area (Å²) in [6.07, 6.45) is 0. The summed E-state index contributed by atoms with van der Waals surface area (Å²) in [4.78, 5) is 10.6. The van der Waals surface area contributed by atoms with Crippen LogP contribution in [0.25, 0.3) is 0 Å². The Hall–Kier alpha value is -1.43. The van der Waals surface area contributed by atoms with E-state index in [0.717, 1.165) is 5.56 Å². The summed E-state index contributed by atoms with van der Waals surface area (Å²) >= 11 is 0. The number of hydrogen-bond acceptors (Lipinski definition) is 4. The number of carbonyl (C=O) groups is 1. The van der Waals surface area contributed by atoms with Crippen LogP contribution in [-0.4, -0.2) is 40.0 Å². The quantitative estimate of drug-likeness (QED) is 0.570. The molecule has 94 valence electrons. The maximum atomic E-state index is 10.6. The van der Waals surface area contributed by atoms with Crippen molar-refractivity contribution in [2.24, 2.45) is 0 Å². The zero-order chi connectivity index (χ0) is 12.9. The highest BCUT2D eigenvalue weighted by Gasteiger charge is 2.17. The van der Waals surface area contributed by atoms with Gasteiger partial charge in [0.2, 0.25) is 0 Å². The van der Waals surface area contributed by atoms with Crippen LogP contribution in [0.5, 0.6) is 0 Å². The van der Waals surface area contributed by atoms with Gasteiger partial charge < -0.3 is 20.6 Å². The standard InChI is InChI=1S/C12H17NO4/c1-12(17,8-14)7-13-6-9-2-4-10(5-3-9)11(15)16/h2-5,13-14,17H,6-8H2,1H3,(H,15,16). The number of nitrogens with one attached hydrogen (secondary N) is 1. The number of aliphatic hydroxyl groups excluding tert-OH is 1. The lowest BCUT2D eigenvalue weighted by Gasteiger charge is -2.20. The van der Waals surface area contributed by atoms with Gasteiger partial charge in [-0.05, 0) is 24.6 Å². The summed E-state index contributed by atoms with van der Waals surface area (Å²) in [6.45, 7) is 2.01. The Morgan fingerprint density at radius 3 is 2.41 bits per heavy atom. The highest BCUT2D eigenvalue weighted by molar-refractivity contribution is 5.87. The molecule has 1 unspecified atom stereocenters. The Labute approximate surface area is 99.7 Å². The lowest BCUT2D eigenvalue weighted by Crippen LogP contribution is -2.40. The first-order valence-electron chi connectivity index (χ1n) is 5.31. The topological polar surface area (TPSA) is 89.8 Å². The van der Waals surface area contributed by atoms with Crippen molar-refractivity contribution in [1.29, 1.82) is 0 Å². The number of benzene rings is 1. The second kappa shape index (κ2) is 5.77. The van der Waals surface area contributed by atoms with E-state index in [1.807, 2.05) is 0 Å². The molecule has 1 aromatic carbocycles. The van der Waals surface area contributed by atoms with Crippen molar-refractivity contribution in [1.82, 2.24) is 5.32 Å². The second-order valence-electron chi connectivity index (χ2n) is 4.26. The lowest BCUT2D eigenvalue weighted by molar-refractivity contribution is 0.00254. The molecule has 0 fully saturated rings. The van der Waals surface area contributed by atoms with Crippen molar-refractivity contribution in [3.05, 3.63) is 35.4 Å². The molecule has 0 aliphatic heterocycles. The molecule has 5 nitrogen and oxygen atoms in total. The molecule has 0 amide bonds. The third kappa shape index (κ3) is 4.52. The molecule has 0 heterocycles. The number of aromatic carboxylic acids is 1. The van der Waals surface area contributed by atoms with Crippen LogP contribution in [0.15, 0.2) is 24.3 Å². The van der Waals surface area contributed by atoms with Gasteiger partial charge in [0, 0.05) is 13.1 Å². The zero-order valence-electron chi connectivity index (χ0n) is 9.68. The minimum absolute atomic E-state index is 0.246. The fourth-order valence-electron chi connectivity index (χ4n) is 1.30. The van der Waals surface area contributed by atoms with Crippen LogP contribution >= 0.6 is 0 Å². The van der Waals surface area contributed by atoms with E-state index in [2.05, 4.69) is 5.32 Å². The number of carboxylic acids is 1. The Bertz CT molecular complexity index is 373. The fourth-order valence-corrected chi connectivity index (χ4v) is 1.30. The summed E-state index contributed by atoms with van der Waals surface area (Å²) < 4.78 is 0. The van der Waals surface area contributed by atoms with E-state index in [4.69, 9.17) is 10.2 Å². The van der Waals surface area contributed by atoms with Crippen LogP contribution in [0.3, 0.4) is 0 Å². The van der Waals surface area contributed by atoms with Gasteiger partial charge in [-0.15, -0.1) is 0 Å². The van der Waals surface area contributed by atoms with E-state index in [9.17, 15) is 9.90 Å². The van der Waals surface area contributed by atoms with Gasteiger partial charge in [0.05, 0.1) is 17.8 Å². The Kier molecular flexibility index (Phi) is 4.62. The molecule has 17 heavy (non-hydrogen) atoms. The van der Waals surface area contributed by atoms with Gasteiger partial charge in [-0.1, -0.05) is 12.1 Å². The summed E-state index contributed by atoms with van der Waals surface area (Å²) in [5.41, 5.74) is 0.0286. The van der Waals surface area contributed by atoms with Gasteiger partial charge in [0.15, 0.2) is 0 Å². The average Bonchev–Trinajstić information content (AvgIpc) is 2.29. The zero-order valence-corrected chi connectivity index (χ0v) is 9.68. The van der Waals surface area contributed by atoms with Crippen molar-refractivity contribution in [2.75, 3.05) is 13.2 Å². The Morgan fingerprint density at radius 1 is 1.35 bits per heavy atom. The molecule has 0 saturated heterocycles. The van der Waals surface area contributed by atoms with E-state index in [1.54, 1.807) is 12.1 Å². The summed E-state index contributed by atoms with van der Waals surface area (Å²) in [5, 5.41) is 30.1. The fraction of sp³-hybridized carbons (Fsp3) is 0.417. The minimum Gasteiger partial charge on any atom is -0.478 e. The third-order valence-electron chi connectivity index (χ3n) is 2.38. The molecule has 0 saturated carbocycles. The van der Waals surface area contributed by atoms with Gasteiger partial charge in [0.25, 0.3) is 0 Å². The first-order chi connectivity index (χ1) is 7.94. The Morgan fingerprint density at radius 2 is 1.94 bits per heavy atom. The first-order valence-corrected chi connectivity index (χ1v) is 5.31. The van der Waals surface area contributed by atoms with Crippen molar-refractivity contribution in [3.8, 4) is 0 Å². The molecular weight excluding hydrogens is 222 g/mol. The maximum Gasteiger partial charge on any atom is 0.335 e. The molecule has 0 radical (unpaired) electrons. The van der Waals surface area contributed by atoms with E-state index >= 15 is 0 Å². The summed E-state index contributed by atoms with van der Waals surface area (Å²) in [5.74, 6) is -0.951. The van der Waals surface area contributed by atoms with Crippen LogP contribution in [0.1, 0.15) is 22.8 Å². The third-order valence-corrected chi connectivity index (χ3v) is 2.38. The van der Waals surface area contributed by atoms with Crippen LogP contribution in [-0.2, 0) is 6.54 Å². The number of hydrogen-bond donors (Lipinski definition) is 4. The number of aliphatic hydroxyl groups is 2. The smallest absolute Gasteiger partial charge is 0.335 e. The van der Waals surface area contributed by atoms with Gasteiger partial charge in [-0.3, -0.25) is 0 Å². The summed E-state index contributed by atoms with van der Waals surface area (Å²) in [6, 6.07) is 6.49. The molecule has 1 aromatic rings. The molecule has 0 aliphatic rings. The van der Waals surface area contributed by atoms with Crippen molar-refractivity contribution < 1.29 is 20.1 Å². The SMILES string of the molecule is CC(O)(CO)CNCc1ccc(C(=O)O)cc1. The molecule has 1 rings (SSSR count). The van der Waals surface area contributed by atoms with E-state index in [-0.39, 0.29) is 18.7 Å². The molecular formula is C12H17NO4. The largest absolute Gasteiger partial charge is 0.478 e. The molecule has 0 aliphatic carbocycles. The van der Waals surface area contributed by atoms with Crippen LogP contribution in [0.2, 0.25) is 0 Å². The first kappa shape index (κ1) is 13.6. The van der Waals surface area contributed by atoms with Gasteiger partial charge in [-0.25, -0.2) is 4.79 Å². The summed E-state index contributed by atoms with van der Waals surface area (Å²) in [7, 11) is 0. The molecule has 5 heteroatoms. The van der Waals surface area contributed by atoms with E-state index in [1.165, 1.54) is 19.1 Å². The average molecular weight is 239 g/mol. The van der Waals surface area contributed by atoms with Gasteiger partial charge >= 0.3 is 5.97 Å². The lowest BCUT2D eigenvalue weighted by atomic mass is 10.1. The number of carboxylic acid groups (broad SMARTS) is 1. The van der Waals surface area contributed by atoms with Crippen molar-refractivity contribution >= 4 is 5.97 Å². The minimum atomic E-state index is -1.14. The maximum absolute atomic E-state index is 10.6. The van der Waals surface area contributed by atoms with Gasteiger partial charge in [-0.2, -0.15) is 0 Å². The predicted octanol–water partition coefficient (Wildman–Crippen LogP) is 0.218. The number of rotatable bonds is 6. The monoisotopic (exact) mass is 239 g/mol. The molecule has 1 atom stereocenters. The van der Waals surface area contributed by atoms with Crippen LogP contribution < -0.4 is 5.32 Å². The van der Waals surface area contributed by atoms with Crippen LogP contribution in [0.4, 0.5) is 0 Å². The molecule has 0 spiro atoms. The highest BCUT2D eigenvalue weighted by atomic mass is 16.4. The van der Waals surface area contributed by atoms with Crippen LogP contribution in [0, 0.1) is 0 Å².